The summed E-state index contributed by atoms with van der Waals surface area (Å²) in [5.41, 5.74) is 5.92. The van der Waals surface area contributed by atoms with Crippen molar-refractivity contribution in [3.05, 3.63) is 0 Å². The molecule has 17 heavy (non-hydrogen) atoms. The van der Waals surface area contributed by atoms with Crippen LogP contribution in [0.5, 0.6) is 0 Å². The SMILES string of the molecule is CC(C)CN(CC(CN)C(C)C)C1CCCC1. The highest BCUT2D eigenvalue weighted by Gasteiger charge is 2.25. The zero-order valence-electron chi connectivity index (χ0n) is 12.3. The first-order chi connectivity index (χ1) is 8.04. The van der Waals surface area contributed by atoms with E-state index < -0.39 is 0 Å². The predicted molar refractivity (Wildman–Crippen MR) is 76.0 cm³/mol. The van der Waals surface area contributed by atoms with E-state index in [-0.39, 0.29) is 0 Å². The van der Waals surface area contributed by atoms with Crippen LogP contribution in [0.4, 0.5) is 0 Å². The van der Waals surface area contributed by atoms with Crippen molar-refractivity contribution in [3.63, 3.8) is 0 Å². The minimum Gasteiger partial charge on any atom is -0.330 e. The molecule has 0 aromatic rings. The van der Waals surface area contributed by atoms with Crippen molar-refractivity contribution in [2.75, 3.05) is 19.6 Å². The fourth-order valence-corrected chi connectivity index (χ4v) is 2.97. The largest absolute Gasteiger partial charge is 0.330 e. The summed E-state index contributed by atoms with van der Waals surface area (Å²) in [5.74, 6) is 2.13. The van der Waals surface area contributed by atoms with Gasteiger partial charge in [-0.25, -0.2) is 0 Å². The lowest BCUT2D eigenvalue weighted by atomic mass is 9.94. The van der Waals surface area contributed by atoms with Crippen LogP contribution in [0.3, 0.4) is 0 Å². The van der Waals surface area contributed by atoms with Gasteiger partial charge in [0.1, 0.15) is 0 Å². The van der Waals surface area contributed by atoms with Crippen molar-refractivity contribution in [2.45, 2.75) is 59.4 Å². The van der Waals surface area contributed by atoms with Gasteiger partial charge in [0.25, 0.3) is 0 Å². The van der Waals surface area contributed by atoms with Crippen LogP contribution < -0.4 is 5.73 Å². The minimum absolute atomic E-state index is 0.661. The second-order valence-electron chi connectivity index (χ2n) is 6.53. The molecule has 102 valence electrons. The van der Waals surface area contributed by atoms with E-state index in [0.29, 0.717) is 11.8 Å². The van der Waals surface area contributed by atoms with Crippen molar-refractivity contribution in [3.8, 4) is 0 Å². The molecule has 0 aliphatic heterocycles. The normalized spacial score (nSPS) is 19.8. The molecular weight excluding hydrogens is 208 g/mol. The summed E-state index contributed by atoms with van der Waals surface area (Å²) < 4.78 is 0. The third-order valence-corrected chi connectivity index (χ3v) is 4.16. The Morgan fingerprint density at radius 1 is 1.06 bits per heavy atom. The monoisotopic (exact) mass is 240 g/mol. The Kier molecular flexibility index (Phi) is 6.50. The van der Waals surface area contributed by atoms with Crippen LogP contribution in [-0.4, -0.2) is 30.6 Å². The van der Waals surface area contributed by atoms with Crippen molar-refractivity contribution >= 4 is 0 Å². The molecule has 1 aliphatic rings. The van der Waals surface area contributed by atoms with Gasteiger partial charge in [-0.2, -0.15) is 0 Å². The molecule has 1 atom stereocenters. The molecule has 1 unspecified atom stereocenters. The standard InChI is InChI=1S/C15H32N2/c1-12(2)10-17(15-7-5-6-8-15)11-14(9-16)13(3)4/h12-15H,5-11,16H2,1-4H3. The summed E-state index contributed by atoms with van der Waals surface area (Å²) >= 11 is 0. The van der Waals surface area contributed by atoms with Crippen LogP contribution in [0.15, 0.2) is 0 Å². The van der Waals surface area contributed by atoms with Gasteiger partial charge in [-0.05, 0) is 37.1 Å². The third-order valence-electron chi connectivity index (χ3n) is 4.16. The molecule has 2 nitrogen and oxygen atoms in total. The third kappa shape index (κ3) is 4.97. The lowest BCUT2D eigenvalue weighted by Crippen LogP contribution is -2.42. The molecule has 1 saturated carbocycles. The van der Waals surface area contributed by atoms with Crippen molar-refractivity contribution in [1.29, 1.82) is 0 Å². The molecule has 0 saturated heterocycles. The Bertz CT molecular complexity index is 195. The van der Waals surface area contributed by atoms with Gasteiger partial charge in [-0.15, -0.1) is 0 Å². The van der Waals surface area contributed by atoms with E-state index in [1.807, 2.05) is 0 Å². The number of hydrogen-bond acceptors (Lipinski definition) is 2. The van der Waals surface area contributed by atoms with Gasteiger partial charge in [0, 0.05) is 19.1 Å². The highest BCUT2D eigenvalue weighted by Crippen LogP contribution is 2.26. The van der Waals surface area contributed by atoms with Gasteiger partial charge >= 0.3 is 0 Å². The molecule has 0 spiro atoms. The maximum atomic E-state index is 5.92. The van der Waals surface area contributed by atoms with E-state index >= 15 is 0 Å². The first-order valence-electron chi connectivity index (χ1n) is 7.48. The zero-order valence-corrected chi connectivity index (χ0v) is 12.3. The van der Waals surface area contributed by atoms with Gasteiger partial charge in [0.05, 0.1) is 0 Å². The first-order valence-corrected chi connectivity index (χ1v) is 7.48. The summed E-state index contributed by atoms with van der Waals surface area (Å²) in [4.78, 5) is 2.73. The van der Waals surface area contributed by atoms with Gasteiger partial charge in [-0.1, -0.05) is 40.5 Å². The molecule has 2 N–H and O–H groups in total. The van der Waals surface area contributed by atoms with Gasteiger partial charge < -0.3 is 5.73 Å². The van der Waals surface area contributed by atoms with E-state index in [0.717, 1.165) is 18.5 Å². The van der Waals surface area contributed by atoms with Crippen molar-refractivity contribution in [1.82, 2.24) is 4.90 Å². The quantitative estimate of drug-likeness (QED) is 0.741. The molecular formula is C15H32N2. The Morgan fingerprint density at radius 3 is 2.06 bits per heavy atom. The van der Waals surface area contributed by atoms with E-state index in [1.165, 1.54) is 38.8 Å². The molecule has 0 radical (unpaired) electrons. The van der Waals surface area contributed by atoms with Crippen LogP contribution >= 0.6 is 0 Å². The molecule has 1 fully saturated rings. The smallest absolute Gasteiger partial charge is 0.00954 e. The molecule has 0 amide bonds. The number of nitrogens with zero attached hydrogens (tertiary/aromatic N) is 1. The fourth-order valence-electron chi connectivity index (χ4n) is 2.97. The second kappa shape index (κ2) is 7.38. The average Bonchev–Trinajstić information content (AvgIpc) is 2.76. The second-order valence-corrected chi connectivity index (χ2v) is 6.53. The van der Waals surface area contributed by atoms with Crippen LogP contribution in [0.25, 0.3) is 0 Å². The zero-order chi connectivity index (χ0) is 12.8. The van der Waals surface area contributed by atoms with Crippen molar-refractivity contribution < 1.29 is 0 Å². The Hall–Kier alpha value is -0.0800. The molecule has 1 rings (SSSR count). The topological polar surface area (TPSA) is 29.3 Å². The highest BCUT2D eigenvalue weighted by molar-refractivity contribution is 4.81. The lowest BCUT2D eigenvalue weighted by Gasteiger charge is -2.34. The lowest BCUT2D eigenvalue weighted by molar-refractivity contribution is 0.136. The predicted octanol–water partition coefficient (Wildman–Crippen LogP) is 3.12. The van der Waals surface area contributed by atoms with Crippen LogP contribution in [0.1, 0.15) is 53.4 Å². The van der Waals surface area contributed by atoms with Crippen molar-refractivity contribution in [2.24, 2.45) is 23.5 Å². The highest BCUT2D eigenvalue weighted by atomic mass is 15.2. The summed E-state index contributed by atoms with van der Waals surface area (Å²) in [6, 6.07) is 0.838. The average molecular weight is 240 g/mol. The first kappa shape index (κ1) is 15.0. The van der Waals surface area contributed by atoms with Gasteiger partial charge in [-0.3, -0.25) is 4.90 Å². The summed E-state index contributed by atoms with van der Waals surface area (Å²) in [6.45, 7) is 12.5. The maximum Gasteiger partial charge on any atom is 0.00954 e. The molecule has 0 bridgehead atoms. The van der Waals surface area contributed by atoms with Crippen LogP contribution in [-0.2, 0) is 0 Å². The molecule has 0 aromatic heterocycles. The summed E-state index contributed by atoms with van der Waals surface area (Å²) in [7, 11) is 0. The van der Waals surface area contributed by atoms with E-state index in [4.69, 9.17) is 5.73 Å². The number of nitrogens with two attached hydrogens (primary N) is 1. The molecule has 0 aromatic carbocycles. The van der Waals surface area contributed by atoms with Crippen LogP contribution in [0.2, 0.25) is 0 Å². The molecule has 2 heteroatoms. The Labute approximate surface area is 108 Å². The van der Waals surface area contributed by atoms with E-state index in [1.54, 1.807) is 0 Å². The van der Waals surface area contributed by atoms with Gasteiger partial charge in [0.2, 0.25) is 0 Å². The van der Waals surface area contributed by atoms with E-state index in [9.17, 15) is 0 Å². The van der Waals surface area contributed by atoms with Crippen LogP contribution in [0, 0.1) is 17.8 Å². The molecule has 1 aliphatic carbocycles. The number of hydrogen-bond donors (Lipinski definition) is 1. The molecule has 0 heterocycles. The summed E-state index contributed by atoms with van der Waals surface area (Å²) in [5, 5.41) is 0. The summed E-state index contributed by atoms with van der Waals surface area (Å²) in [6.07, 6.45) is 5.66. The van der Waals surface area contributed by atoms with E-state index in [2.05, 4.69) is 32.6 Å². The number of rotatable bonds is 7. The Balaban J connectivity index is 2.55. The maximum absolute atomic E-state index is 5.92. The van der Waals surface area contributed by atoms with Gasteiger partial charge in [0.15, 0.2) is 0 Å². The minimum atomic E-state index is 0.661. The fraction of sp³-hybridized carbons (Fsp3) is 1.00. The Morgan fingerprint density at radius 2 is 1.65 bits per heavy atom.